The maximum atomic E-state index is 13.9. The first-order valence-corrected chi connectivity index (χ1v) is 15.2. The highest BCUT2D eigenvalue weighted by Crippen LogP contribution is 2.38. The highest BCUT2D eigenvalue weighted by Gasteiger charge is 2.37. The number of benzene rings is 3. The number of halogens is 6. The second kappa shape index (κ2) is 14.0. The van der Waals surface area contributed by atoms with Gasteiger partial charge in [0, 0.05) is 28.7 Å². The van der Waals surface area contributed by atoms with Gasteiger partial charge in [0.25, 0.3) is 10.0 Å². The van der Waals surface area contributed by atoms with E-state index >= 15 is 0 Å². The Morgan fingerprint density at radius 1 is 0.929 bits per heavy atom. The Kier molecular flexibility index (Phi) is 11.2. The van der Waals surface area contributed by atoms with Gasteiger partial charge in [-0.1, -0.05) is 66.0 Å². The van der Waals surface area contributed by atoms with Crippen LogP contribution in [0.5, 0.6) is 0 Å². The van der Waals surface area contributed by atoms with E-state index in [-0.39, 0.29) is 21.5 Å². The molecule has 7 nitrogen and oxygen atoms in total. The molecule has 3 aromatic rings. The molecular weight excluding hydrogens is 638 g/mol. The summed E-state index contributed by atoms with van der Waals surface area (Å²) in [6.07, 6.45) is -4.29. The summed E-state index contributed by atoms with van der Waals surface area (Å²) in [5, 5.41) is 2.43. The van der Waals surface area contributed by atoms with Gasteiger partial charge in [0.2, 0.25) is 11.8 Å². The van der Waals surface area contributed by atoms with Crippen molar-refractivity contribution >= 4 is 62.3 Å². The van der Waals surface area contributed by atoms with Crippen LogP contribution in [0.1, 0.15) is 31.4 Å². The van der Waals surface area contributed by atoms with Crippen LogP contribution in [-0.2, 0) is 32.3 Å². The van der Waals surface area contributed by atoms with Gasteiger partial charge in [0.1, 0.15) is 12.6 Å². The lowest BCUT2D eigenvalue weighted by atomic mass is 10.1. The third-order valence-corrected chi connectivity index (χ3v) is 9.09. The number of amides is 2. The summed E-state index contributed by atoms with van der Waals surface area (Å²) >= 11 is 18.4. The molecule has 14 heteroatoms. The van der Waals surface area contributed by atoms with Crippen molar-refractivity contribution in [3.63, 3.8) is 0 Å². The number of hydrogen-bond acceptors (Lipinski definition) is 4. The van der Waals surface area contributed by atoms with Gasteiger partial charge in [-0.25, -0.2) is 8.42 Å². The summed E-state index contributed by atoms with van der Waals surface area (Å²) in [4.78, 5) is 27.6. The fourth-order valence-corrected chi connectivity index (χ4v) is 6.14. The maximum Gasteiger partial charge on any atom is 0.417 e. The average molecular weight is 665 g/mol. The van der Waals surface area contributed by atoms with Crippen molar-refractivity contribution < 1.29 is 31.2 Å². The van der Waals surface area contributed by atoms with E-state index < -0.39 is 56.9 Å². The molecule has 3 rings (SSSR count). The van der Waals surface area contributed by atoms with Crippen molar-refractivity contribution in [3.8, 4) is 0 Å². The van der Waals surface area contributed by atoms with E-state index in [4.69, 9.17) is 34.8 Å². The molecule has 0 saturated carbocycles. The second-order valence-corrected chi connectivity index (χ2v) is 12.3. The predicted molar refractivity (Wildman–Crippen MR) is 157 cm³/mol. The number of hydrogen-bond donors (Lipinski definition) is 1. The fourth-order valence-electron chi connectivity index (χ4n) is 3.97. The number of rotatable bonds is 11. The fraction of sp³-hybridized carbons (Fsp3) is 0.286. The lowest BCUT2D eigenvalue weighted by Gasteiger charge is -2.32. The number of carbonyl (C=O) groups excluding carboxylic acids is 2. The topological polar surface area (TPSA) is 86.8 Å². The summed E-state index contributed by atoms with van der Waals surface area (Å²) in [6, 6.07) is 13.0. The van der Waals surface area contributed by atoms with Crippen LogP contribution in [0.15, 0.2) is 71.6 Å². The summed E-state index contributed by atoms with van der Waals surface area (Å²) in [6.45, 7) is 2.35. The molecule has 2 amide bonds. The molecule has 0 heterocycles. The number of nitrogens with one attached hydrogen (secondary N) is 1. The van der Waals surface area contributed by atoms with Gasteiger partial charge in [0.05, 0.1) is 21.2 Å². The minimum absolute atomic E-state index is 0.197. The molecule has 0 aromatic heterocycles. The zero-order valence-electron chi connectivity index (χ0n) is 22.5. The van der Waals surface area contributed by atoms with E-state index in [1.54, 1.807) is 12.1 Å². The van der Waals surface area contributed by atoms with Crippen LogP contribution in [0.4, 0.5) is 18.9 Å². The molecule has 0 fully saturated rings. The summed E-state index contributed by atoms with van der Waals surface area (Å²) in [7, 11) is -4.58. The van der Waals surface area contributed by atoms with E-state index in [2.05, 4.69) is 5.32 Å². The zero-order chi connectivity index (χ0) is 31.2. The van der Waals surface area contributed by atoms with Gasteiger partial charge in [-0.3, -0.25) is 13.9 Å². The SMILES string of the molecule is CCCNC(=O)[C@H](C)N(Cc1c(Cl)cccc1Cl)C(=O)CN(c1ccc(Cl)c(C(F)(F)F)c1)S(=O)(=O)c1ccccc1. The minimum Gasteiger partial charge on any atom is -0.354 e. The number of anilines is 1. The lowest BCUT2D eigenvalue weighted by Crippen LogP contribution is -2.51. The average Bonchev–Trinajstić information content (AvgIpc) is 2.94. The van der Waals surface area contributed by atoms with Gasteiger partial charge in [-0.15, -0.1) is 0 Å². The van der Waals surface area contributed by atoms with E-state index in [0.29, 0.717) is 28.9 Å². The van der Waals surface area contributed by atoms with Gasteiger partial charge in [-0.05, 0) is 55.8 Å². The van der Waals surface area contributed by atoms with Crippen LogP contribution in [0.3, 0.4) is 0 Å². The standard InChI is InChI=1S/C28H27Cl3F3N3O4S/c1-3-14-35-27(39)18(2)36(16-21-23(29)10-7-11-24(21)30)26(38)17-37(42(40,41)20-8-5-4-6-9-20)19-12-13-25(31)22(15-19)28(32,33)34/h4-13,15,18H,3,14,16-17H2,1-2H3,(H,35,39)/t18-/m0/s1. The van der Waals surface area contributed by atoms with Crippen molar-refractivity contribution in [1.29, 1.82) is 0 Å². The van der Waals surface area contributed by atoms with Gasteiger partial charge in [-0.2, -0.15) is 13.2 Å². The van der Waals surface area contributed by atoms with E-state index in [1.165, 1.54) is 43.3 Å². The Morgan fingerprint density at radius 3 is 2.12 bits per heavy atom. The molecule has 0 aliphatic heterocycles. The number of alkyl halides is 3. The molecule has 3 aromatic carbocycles. The largest absolute Gasteiger partial charge is 0.417 e. The second-order valence-electron chi connectivity index (χ2n) is 9.18. The van der Waals surface area contributed by atoms with E-state index in [1.807, 2.05) is 6.92 Å². The zero-order valence-corrected chi connectivity index (χ0v) is 25.5. The predicted octanol–water partition coefficient (Wildman–Crippen LogP) is 6.80. The van der Waals surface area contributed by atoms with Crippen LogP contribution < -0.4 is 9.62 Å². The minimum atomic E-state index is -4.90. The van der Waals surface area contributed by atoms with E-state index in [9.17, 15) is 31.2 Å². The van der Waals surface area contributed by atoms with Crippen LogP contribution in [0, 0.1) is 0 Å². The molecule has 0 spiro atoms. The molecule has 1 N–H and O–H groups in total. The molecule has 0 radical (unpaired) electrons. The molecule has 1 atom stereocenters. The van der Waals surface area contributed by atoms with Crippen LogP contribution >= 0.6 is 34.8 Å². The van der Waals surface area contributed by atoms with Crippen molar-refractivity contribution in [3.05, 3.63) is 92.9 Å². The first kappa shape index (κ1) is 33.5. The number of carbonyl (C=O) groups is 2. The summed E-state index contributed by atoms with van der Waals surface area (Å²) in [5.74, 6) is -1.43. The third-order valence-electron chi connectivity index (χ3n) is 6.26. The Labute approximate surface area is 257 Å². The molecule has 0 unspecified atom stereocenters. The van der Waals surface area contributed by atoms with Gasteiger partial charge in [0.15, 0.2) is 0 Å². The van der Waals surface area contributed by atoms with Crippen molar-refractivity contribution in [2.45, 2.75) is 43.9 Å². The molecule has 42 heavy (non-hydrogen) atoms. The lowest BCUT2D eigenvalue weighted by molar-refractivity contribution is -0.139. The molecule has 0 saturated heterocycles. The normalized spacial score (nSPS) is 12.5. The number of sulfonamides is 1. The van der Waals surface area contributed by atoms with Crippen molar-refractivity contribution in [2.75, 3.05) is 17.4 Å². The summed E-state index contributed by atoms with van der Waals surface area (Å²) < 4.78 is 69.2. The van der Waals surface area contributed by atoms with Crippen LogP contribution in [0.2, 0.25) is 15.1 Å². The maximum absolute atomic E-state index is 13.9. The molecule has 226 valence electrons. The third kappa shape index (κ3) is 7.89. The van der Waals surface area contributed by atoms with Gasteiger partial charge < -0.3 is 10.2 Å². The molecule has 0 aliphatic rings. The van der Waals surface area contributed by atoms with Crippen LogP contribution in [-0.4, -0.2) is 44.3 Å². The number of nitrogens with zero attached hydrogens (tertiary/aromatic N) is 2. The highest BCUT2D eigenvalue weighted by atomic mass is 35.5. The Bertz CT molecular complexity index is 1520. The van der Waals surface area contributed by atoms with Crippen LogP contribution in [0.25, 0.3) is 0 Å². The quantitative estimate of drug-likeness (QED) is 0.244. The first-order valence-electron chi connectivity index (χ1n) is 12.6. The summed E-state index contributed by atoms with van der Waals surface area (Å²) in [5.41, 5.74) is -1.44. The Hall–Kier alpha value is -2.99. The molecule has 0 aliphatic carbocycles. The Balaban J connectivity index is 2.13. The highest BCUT2D eigenvalue weighted by molar-refractivity contribution is 7.92. The van der Waals surface area contributed by atoms with E-state index in [0.717, 1.165) is 17.0 Å². The first-order chi connectivity index (χ1) is 19.7. The van der Waals surface area contributed by atoms with Gasteiger partial charge >= 0.3 is 6.18 Å². The monoisotopic (exact) mass is 663 g/mol. The Morgan fingerprint density at radius 2 is 1.55 bits per heavy atom. The van der Waals surface area contributed by atoms with Crippen molar-refractivity contribution in [1.82, 2.24) is 10.2 Å². The molecule has 0 bridgehead atoms. The van der Waals surface area contributed by atoms with Crippen molar-refractivity contribution in [2.24, 2.45) is 0 Å². The molecular formula is C28H27Cl3F3N3O4S. The smallest absolute Gasteiger partial charge is 0.354 e.